The molecule has 1 aromatic heterocycles. The van der Waals surface area contributed by atoms with Gasteiger partial charge in [0.05, 0.1) is 42.1 Å². The van der Waals surface area contributed by atoms with Crippen LogP contribution in [0.4, 0.5) is 29.3 Å². The van der Waals surface area contributed by atoms with Crippen LogP contribution in [0.25, 0.3) is 0 Å². The molecule has 3 saturated carbocycles. The number of benzene rings is 2. The van der Waals surface area contributed by atoms with E-state index in [-0.39, 0.29) is 36.0 Å². The monoisotopic (exact) mass is 750 g/mol. The Hall–Kier alpha value is -4.57. The summed E-state index contributed by atoms with van der Waals surface area (Å²) in [5, 5.41) is 11.7. The third kappa shape index (κ3) is 6.71. The van der Waals surface area contributed by atoms with Gasteiger partial charge in [-0.15, -0.1) is 0 Å². The van der Waals surface area contributed by atoms with Gasteiger partial charge in [-0.1, -0.05) is 32.9 Å². The first kappa shape index (κ1) is 37.7. The van der Waals surface area contributed by atoms with E-state index < -0.39 is 59.5 Å². The van der Waals surface area contributed by atoms with Gasteiger partial charge in [0.2, 0.25) is 5.91 Å². The summed E-state index contributed by atoms with van der Waals surface area (Å²) in [6.07, 6.45) is -0.930. The van der Waals surface area contributed by atoms with E-state index in [4.69, 9.17) is 14.0 Å². The average molecular weight is 751 g/mol. The number of urea groups is 1. The molecular formula is C38H46BF3N6O6. The Labute approximate surface area is 312 Å². The molecule has 12 nitrogen and oxygen atoms in total. The molecule has 3 amide bonds. The minimum absolute atomic E-state index is 0.0186. The largest absolute Gasteiger partial charge is 0.497 e. The van der Waals surface area contributed by atoms with Crippen molar-refractivity contribution in [2.75, 3.05) is 17.7 Å². The zero-order valence-electron chi connectivity index (χ0n) is 31.2. The van der Waals surface area contributed by atoms with E-state index in [9.17, 15) is 27.6 Å². The number of nitrogens with zero attached hydrogens (tertiary/aromatic N) is 2. The van der Waals surface area contributed by atoms with Gasteiger partial charge in [0, 0.05) is 18.7 Å². The van der Waals surface area contributed by atoms with Crippen molar-refractivity contribution in [2.45, 2.75) is 102 Å². The average Bonchev–Trinajstić information content (AvgIpc) is 3.64. The van der Waals surface area contributed by atoms with Crippen LogP contribution in [-0.2, 0) is 32.4 Å². The number of halogens is 3. The first-order chi connectivity index (χ1) is 25.5. The summed E-state index contributed by atoms with van der Waals surface area (Å²) in [6, 6.07) is 9.81. The second-order valence-corrected chi connectivity index (χ2v) is 16.0. The topological polar surface area (TPSA) is 145 Å². The van der Waals surface area contributed by atoms with Crippen molar-refractivity contribution in [1.82, 2.24) is 20.2 Å². The molecule has 3 aromatic rings. The number of aromatic nitrogens is 2. The molecule has 288 valence electrons. The van der Waals surface area contributed by atoms with Gasteiger partial charge in [-0.05, 0) is 92.3 Å². The Morgan fingerprint density at radius 2 is 1.85 bits per heavy atom. The third-order valence-corrected chi connectivity index (χ3v) is 12.1. The van der Waals surface area contributed by atoms with Crippen LogP contribution >= 0.6 is 0 Å². The lowest BCUT2D eigenvalue weighted by molar-refractivity contribution is -0.185. The fourth-order valence-corrected chi connectivity index (χ4v) is 8.87. The zero-order valence-corrected chi connectivity index (χ0v) is 31.2. The number of fused-ring (bicyclic) bond motifs is 1. The molecule has 2 bridgehead atoms. The van der Waals surface area contributed by atoms with E-state index in [0.29, 0.717) is 35.3 Å². The van der Waals surface area contributed by atoms with Crippen molar-refractivity contribution in [3.05, 3.63) is 82.0 Å². The van der Waals surface area contributed by atoms with Gasteiger partial charge in [-0.3, -0.25) is 14.2 Å². The zero-order chi connectivity index (χ0) is 38.8. The van der Waals surface area contributed by atoms with E-state index in [1.807, 2.05) is 6.92 Å². The lowest BCUT2D eigenvalue weighted by atomic mass is 9.45. The van der Waals surface area contributed by atoms with Gasteiger partial charge in [0.1, 0.15) is 23.3 Å². The first-order valence-electron chi connectivity index (χ1n) is 18.3. The van der Waals surface area contributed by atoms with Crippen molar-refractivity contribution >= 4 is 30.4 Å². The lowest BCUT2D eigenvalue weighted by Crippen LogP contribution is -2.63. The van der Waals surface area contributed by atoms with Crippen LogP contribution in [0.5, 0.6) is 5.75 Å². The maximum atomic E-state index is 14.3. The van der Waals surface area contributed by atoms with Crippen LogP contribution in [0.1, 0.15) is 83.3 Å². The molecule has 16 heteroatoms. The summed E-state index contributed by atoms with van der Waals surface area (Å²) < 4.78 is 59.7. The van der Waals surface area contributed by atoms with Gasteiger partial charge in [-0.2, -0.15) is 13.2 Å². The molecule has 2 aliphatic heterocycles. The Kier molecular flexibility index (Phi) is 9.52. The molecule has 54 heavy (non-hydrogen) atoms. The van der Waals surface area contributed by atoms with Gasteiger partial charge in [0.25, 0.3) is 5.56 Å². The summed E-state index contributed by atoms with van der Waals surface area (Å²) >= 11 is 0. The molecule has 0 radical (unpaired) electrons. The fraction of sp³-hybridized carbons (Fsp3) is 0.526. The summed E-state index contributed by atoms with van der Waals surface area (Å²) in [7, 11) is 0.841. The predicted octanol–water partition coefficient (Wildman–Crippen LogP) is 6.03. The number of hydrogen-bond donors (Lipinski definition) is 4. The van der Waals surface area contributed by atoms with Crippen LogP contribution < -0.4 is 31.6 Å². The summed E-state index contributed by atoms with van der Waals surface area (Å²) in [5.74, 6) is 0.624. The molecule has 1 saturated heterocycles. The maximum absolute atomic E-state index is 14.3. The number of carbonyl (C=O) groups is 2. The standard InChI is InChI=1S/C38H46BF3N6O6/c1-7-29(39-53-30-26-16-23(35(26,2)3)17-37(30,5)54-39)46-31(49)28-18-36(4,47-34(51)45-24-11-13-25(52-6)14-12-24)33-44-20-27(32(50)48(28)33)43-19-21-9-8-10-22(15-21)38(40,41)42/h8-15,20,23,26,28-30,43H,7,16-19H2,1-6H3,(H,46,49)(H2,45,47,51)/t23?,26?,28-,29-,30+,36+,37-/m0/s1. The van der Waals surface area contributed by atoms with Gasteiger partial charge in [-0.25, -0.2) is 9.78 Å². The number of alkyl halides is 3. The van der Waals surface area contributed by atoms with Crippen molar-refractivity contribution < 1.29 is 36.8 Å². The third-order valence-electron chi connectivity index (χ3n) is 12.1. The quantitative estimate of drug-likeness (QED) is 0.184. The fourth-order valence-electron chi connectivity index (χ4n) is 8.87. The molecule has 8 rings (SSSR count). The molecular weight excluding hydrogens is 704 g/mol. The SMILES string of the molecule is CC[C@H](NC(=O)[C@@H]1C[C@@](C)(NC(=O)Nc2ccc(OC)cc2)c2ncc(NCc3cccc(C(F)(F)F)c3)c(=O)n21)B1O[C@@H]2C3CC(C[C@]2(C)O1)C3(C)C. The minimum Gasteiger partial charge on any atom is -0.497 e. The van der Waals surface area contributed by atoms with Crippen LogP contribution in [0, 0.1) is 17.3 Å². The van der Waals surface area contributed by atoms with Gasteiger partial charge in [0.15, 0.2) is 0 Å². The number of rotatable bonds is 10. The highest BCUT2D eigenvalue weighted by Crippen LogP contribution is 2.64. The molecule has 5 aliphatic rings. The molecule has 4 N–H and O–H groups in total. The molecule has 7 atom stereocenters. The highest BCUT2D eigenvalue weighted by Gasteiger charge is 2.67. The summed E-state index contributed by atoms with van der Waals surface area (Å²) in [5.41, 5.74) is -2.26. The van der Waals surface area contributed by atoms with Crippen molar-refractivity contribution in [2.24, 2.45) is 17.3 Å². The van der Waals surface area contributed by atoms with E-state index in [1.165, 1.54) is 30.0 Å². The normalized spacial score (nSPS) is 28.3. The molecule has 2 unspecified atom stereocenters. The highest BCUT2D eigenvalue weighted by molar-refractivity contribution is 6.47. The van der Waals surface area contributed by atoms with Crippen LogP contribution in [0.2, 0.25) is 0 Å². The van der Waals surface area contributed by atoms with Crippen molar-refractivity contribution in [3.63, 3.8) is 0 Å². The van der Waals surface area contributed by atoms with Crippen molar-refractivity contribution in [1.29, 1.82) is 0 Å². The van der Waals surface area contributed by atoms with Gasteiger partial charge < -0.3 is 35.3 Å². The smallest absolute Gasteiger partial charge is 0.481 e. The predicted molar refractivity (Wildman–Crippen MR) is 196 cm³/mol. The number of carbonyl (C=O) groups excluding carboxylic acids is 2. The van der Waals surface area contributed by atoms with E-state index in [2.05, 4.69) is 47.0 Å². The van der Waals surface area contributed by atoms with E-state index in [0.717, 1.165) is 25.0 Å². The van der Waals surface area contributed by atoms with Gasteiger partial charge >= 0.3 is 19.3 Å². The first-order valence-corrected chi connectivity index (χ1v) is 18.3. The van der Waals surface area contributed by atoms with Crippen LogP contribution in [0.3, 0.4) is 0 Å². The minimum atomic E-state index is -4.53. The Bertz CT molecular complexity index is 1990. The molecule has 0 spiro atoms. The Morgan fingerprint density at radius 1 is 1.11 bits per heavy atom. The Morgan fingerprint density at radius 3 is 2.52 bits per heavy atom. The number of hydrogen-bond acceptors (Lipinski definition) is 8. The van der Waals surface area contributed by atoms with E-state index in [1.54, 1.807) is 31.2 Å². The van der Waals surface area contributed by atoms with Crippen molar-refractivity contribution in [3.8, 4) is 5.75 Å². The Balaban J connectivity index is 1.14. The molecule has 4 fully saturated rings. The highest BCUT2D eigenvalue weighted by atomic mass is 19.4. The molecule has 3 aliphatic carbocycles. The number of nitrogens with one attached hydrogen (secondary N) is 4. The number of methoxy groups -OCH3 is 1. The second-order valence-electron chi connectivity index (χ2n) is 16.0. The summed E-state index contributed by atoms with van der Waals surface area (Å²) in [6.45, 7) is 10.1. The maximum Gasteiger partial charge on any atom is 0.481 e. The van der Waals surface area contributed by atoms with E-state index >= 15 is 0 Å². The second kappa shape index (κ2) is 13.6. The number of ether oxygens (including phenoxy) is 1. The summed E-state index contributed by atoms with van der Waals surface area (Å²) in [4.78, 5) is 46.4. The molecule has 2 aromatic carbocycles. The lowest BCUT2D eigenvalue weighted by Gasteiger charge is -2.63. The number of anilines is 2. The number of amides is 3. The van der Waals surface area contributed by atoms with Crippen LogP contribution in [0.15, 0.2) is 59.5 Å². The van der Waals surface area contributed by atoms with Crippen LogP contribution in [-0.4, -0.2) is 53.4 Å². The molecule has 3 heterocycles.